The summed E-state index contributed by atoms with van der Waals surface area (Å²) >= 11 is 11.9. The van der Waals surface area contributed by atoms with Crippen LogP contribution in [0.15, 0.2) is 27.8 Å². The van der Waals surface area contributed by atoms with Gasteiger partial charge in [0.05, 0.1) is 10.9 Å². The molecule has 1 heterocycles. The van der Waals surface area contributed by atoms with Crippen LogP contribution < -0.4 is 66.7 Å². The smallest absolute Gasteiger partial charge is 0.858 e. The van der Waals surface area contributed by atoms with Crippen LogP contribution in [0.1, 0.15) is 25.6 Å². The summed E-state index contributed by atoms with van der Waals surface area (Å²) in [5.74, 6) is 0.606. The topological polar surface area (TPSA) is 82.5 Å². The number of nitrogens with zero attached hydrogens (tertiary/aromatic N) is 3. The fourth-order valence-electron chi connectivity index (χ4n) is 1.73. The summed E-state index contributed by atoms with van der Waals surface area (Å²) in [6, 6.07) is 5.60. The molecule has 0 saturated heterocycles. The van der Waals surface area contributed by atoms with Crippen LogP contribution in [-0.2, 0) is 0 Å². The maximum Gasteiger partial charge on any atom is 1.00 e. The first-order valence-electron chi connectivity index (χ1n) is 6.69. The van der Waals surface area contributed by atoms with E-state index in [1.165, 1.54) is 0 Å². The molecule has 6 nitrogen and oxygen atoms in total. The Balaban J connectivity index is 0.00000288. The van der Waals surface area contributed by atoms with Gasteiger partial charge in [0.1, 0.15) is 12.4 Å². The quantitative estimate of drug-likeness (QED) is 0.157. The van der Waals surface area contributed by atoms with Gasteiger partial charge in [0.2, 0.25) is 5.88 Å². The summed E-state index contributed by atoms with van der Waals surface area (Å²) in [6.45, 7) is 3.71. The molecule has 1 aromatic carbocycles. The Kier molecular flexibility index (Phi) is 9.60. The molecule has 0 aliphatic carbocycles. The van der Waals surface area contributed by atoms with Crippen LogP contribution in [0.3, 0.4) is 0 Å². The van der Waals surface area contributed by atoms with Crippen molar-refractivity contribution in [3.63, 3.8) is 0 Å². The fourth-order valence-corrected chi connectivity index (χ4v) is 2.19. The van der Waals surface area contributed by atoms with Crippen molar-refractivity contribution in [2.45, 2.75) is 19.8 Å². The van der Waals surface area contributed by atoms with Crippen molar-refractivity contribution < 1.29 is 61.2 Å². The van der Waals surface area contributed by atoms with Gasteiger partial charge in [-0.1, -0.05) is 42.0 Å². The Morgan fingerprint density at radius 3 is 2.79 bits per heavy atom. The summed E-state index contributed by atoms with van der Waals surface area (Å²) < 4.78 is 6.51. The first-order valence-corrected chi connectivity index (χ1v) is 8.34. The number of thiol groups is 1. The summed E-state index contributed by atoms with van der Waals surface area (Å²) in [5, 5.41) is 15.9. The van der Waals surface area contributed by atoms with Gasteiger partial charge in [-0.15, -0.1) is 12.6 Å². The maximum absolute atomic E-state index is 11.6. The number of aromatic nitrogens is 2. The molecule has 0 spiro atoms. The number of ether oxygens (including phenoxy) is 1. The first-order chi connectivity index (χ1) is 10.9. The molecule has 2 aromatic rings. The fraction of sp³-hybridized carbons (Fsp3) is 0.286. The van der Waals surface area contributed by atoms with Crippen molar-refractivity contribution in [2.75, 3.05) is 6.61 Å². The number of rotatable bonds is 5. The third-order valence-electron chi connectivity index (χ3n) is 2.77. The second-order valence-electron chi connectivity index (χ2n) is 4.91. The zero-order valence-corrected chi connectivity index (χ0v) is 19.8. The van der Waals surface area contributed by atoms with Gasteiger partial charge in [-0.25, -0.2) is 4.98 Å². The Labute approximate surface area is 201 Å². The number of nitrogens with one attached hydrogen (secondary N) is 1. The molecule has 0 amide bonds. The molecular formula is C14H14BrKN4O2S2. The monoisotopic (exact) mass is 452 g/mol. The molecule has 0 radical (unpaired) electrons. The number of hydrogen-bond donors (Lipinski definition) is 2. The zero-order chi connectivity index (χ0) is 17.0. The molecule has 1 aromatic heterocycles. The van der Waals surface area contributed by atoms with E-state index in [1.54, 1.807) is 0 Å². The van der Waals surface area contributed by atoms with Crippen molar-refractivity contribution in [1.82, 2.24) is 15.4 Å². The van der Waals surface area contributed by atoms with Crippen LogP contribution in [-0.4, -0.2) is 26.8 Å². The van der Waals surface area contributed by atoms with Gasteiger partial charge in [0.25, 0.3) is 0 Å². The van der Waals surface area contributed by atoms with Gasteiger partial charge >= 0.3 is 51.4 Å². The minimum Gasteiger partial charge on any atom is -0.858 e. The standard InChI is InChI=1S/C14H15BrN4O2S2.K/c1-7(2)12-16-10-4-3-8(15)5-9(10)13(17-12)21-6-11(20)18-19-14(22)23;/h3-5,7H,6H2,1-2H3,(H,18,20)(H2,19,22,23);/q;+1/p-1. The maximum atomic E-state index is 11.6. The van der Waals surface area contributed by atoms with Gasteiger partial charge in [0, 0.05) is 16.3 Å². The largest absolute Gasteiger partial charge is 1.00 e. The van der Waals surface area contributed by atoms with Crippen LogP contribution in [0, 0.1) is 0 Å². The number of thiocarbonyl (C=S) groups is 1. The molecule has 0 bridgehead atoms. The van der Waals surface area contributed by atoms with E-state index in [-0.39, 0.29) is 68.2 Å². The molecule has 10 heteroatoms. The predicted octanol–water partition coefficient (Wildman–Crippen LogP) is -0.623. The van der Waals surface area contributed by atoms with E-state index >= 15 is 0 Å². The van der Waals surface area contributed by atoms with Crippen LogP contribution in [0.4, 0.5) is 0 Å². The van der Waals surface area contributed by atoms with E-state index in [1.807, 2.05) is 32.0 Å². The van der Waals surface area contributed by atoms with Gasteiger partial charge in [0.15, 0.2) is 4.32 Å². The zero-order valence-electron chi connectivity index (χ0n) is 13.4. The van der Waals surface area contributed by atoms with Crippen molar-refractivity contribution in [2.24, 2.45) is 5.10 Å². The van der Waals surface area contributed by atoms with Gasteiger partial charge < -0.3 is 9.84 Å². The minimum atomic E-state index is -0.519. The Morgan fingerprint density at radius 1 is 1.46 bits per heavy atom. The second kappa shape index (κ2) is 10.4. The molecule has 0 saturated carbocycles. The molecule has 2 rings (SSSR count). The molecule has 1 N–H and O–H groups in total. The Bertz CT molecular complexity index is 774. The van der Waals surface area contributed by atoms with Crippen LogP contribution >= 0.6 is 40.8 Å². The van der Waals surface area contributed by atoms with E-state index in [9.17, 15) is 5.11 Å². The minimum absolute atomic E-state index is 0. The summed E-state index contributed by atoms with van der Waals surface area (Å²) in [6.07, 6.45) is 0. The number of fused-ring (bicyclic) bond motifs is 1. The van der Waals surface area contributed by atoms with Crippen molar-refractivity contribution in [3.8, 4) is 5.88 Å². The third-order valence-corrected chi connectivity index (χ3v) is 3.45. The van der Waals surface area contributed by atoms with Crippen LogP contribution in [0.2, 0.25) is 0 Å². The van der Waals surface area contributed by atoms with Crippen LogP contribution in [0.25, 0.3) is 10.9 Å². The number of hydrogen-bond acceptors (Lipinski definition) is 6. The van der Waals surface area contributed by atoms with Crippen molar-refractivity contribution in [1.29, 1.82) is 0 Å². The molecule has 0 aliphatic rings. The molecule has 0 unspecified atom stereocenters. The van der Waals surface area contributed by atoms with Crippen LogP contribution in [0.5, 0.6) is 5.88 Å². The Morgan fingerprint density at radius 2 is 2.17 bits per heavy atom. The second-order valence-corrected chi connectivity index (χ2v) is 6.99. The average molecular weight is 453 g/mol. The number of benzene rings is 1. The molecule has 24 heavy (non-hydrogen) atoms. The average Bonchev–Trinajstić information content (AvgIpc) is 2.50. The third kappa shape index (κ3) is 6.49. The summed E-state index contributed by atoms with van der Waals surface area (Å²) in [7, 11) is 0. The first kappa shape index (κ1) is 22.2. The van der Waals surface area contributed by atoms with Gasteiger partial charge in [-0.05, 0) is 18.2 Å². The molecule has 0 fully saturated rings. The van der Waals surface area contributed by atoms with E-state index in [2.05, 4.69) is 61.3 Å². The van der Waals surface area contributed by atoms with Crippen molar-refractivity contribution >= 4 is 61.9 Å². The SMILES string of the molecule is CC(C)c1nc(OCC([O-])=NNC(=S)S)c2cc(Br)ccc2n1.[K+]. The Hall–Kier alpha value is 0.186. The van der Waals surface area contributed by atoms with Gasteiger partial charge in [-0.2, -0.15) is 10.1 Å². The molecule has 0 atom stereocenters. The molecule has 122 valence electrons. The molecule has 0 aliphatic heterocycles. The summed E-state index contributed by atoms with van der Waals surface area (Å²) in [5.41, 5.74) is 3.06. The normalized spacial score (nSPS) is 11.3. The van der Waals surface area contributed by atoms with E-state index in [4.69, 9.17) is 4.74 Å². The van der Waals surface area contributed by atoms with Gasteiger partial charge in [-0.3, -0.25) is 5.43 Å². The number of halogens is 1. The predicted molar refractivity (Wildman–Crippen MR) is 99.0 cm³/mol. The van der Waals surface area contributed by atoms with E-state index in [0.717, 1.165) is 9.99 Å². The van der Waals surface area contributed by atoms with Crippen molar-refractivity contribution in [3.05, 3.63) is 28.5 Å². The summed E-state index contributed by atoms with van der Waals surface area (Å²) in [4.78, 5) is 8.90. The molecular weight excluding hydrogens is 439 g/mol. The number of hydrazone groups is 1. The van der Waals surface area contributed by atoms with E-state index < -0.39 is 5.90 Å². The van der Waals surface area contributed by atoms with E-state index in [0.29, 0.717) is 17.1 Å².